The van der Waals surface area contributed by atoms with E-state index in [2.05, 4.69) is 11.7 Å². The number of hydrogen-bond donors (Lipinski definition) is 0. The second-order valence-corrected chi connectivity index (χ2v) is 6.45. The number of carbonyl (C=O) groups is 1. The van der Waals surface area contributed by atoms with Crippen LogP contribution in [-0.4, -0.2) is 46.9 Å². The maximum atomic E-state index is 12.9. The van der Waals surface area contributed by atoms with Gasteiger partial charge in [0.15, 0.2) is 0 Å². The zero-order chi connectivity index (χ0) is 17.6. The number of piperidine rings is 1. The van der Waals surface area contributed by atoms with Crippen molar-refractivity contribution in [2.24, 2.45) is 5.92 Å². The summed E-state index contributed by atoms with van der Waals surface area (Å²) in [7, 11) is 0. The van der Waals surface area contributed by atoms with Crippen molar-refractivity contribution in [3.8, 4) is 5.69 Å². The molecule has 1 saturated heterocycles. The molecule has 25 heavy (non-hydrogen) atoms. The van der Waals surface area contributed by atoms with Crippen molar-refractivity contribution >= 4 is 5.91 Å². The van der Waals surface area contributed by atoms with E-state index < -0.39 is 0 Å². The Morgan fingerprint density at radius 1 is 1.32 bits per heavy atom. The van der Waals surface area contributed by atoms with Gasteiger partial charge in [0.25, 0.3) is 5.91 Å². The molecule has 2 aromatic rings. The molecule has 0 unspecified atom stereocenters. The number of aromatic nitrogens is 2. The van der Waals surface area contributed by atoms with Gasteiger partial charge in [-0.3, -0.25) is 4.79 Å². The minimum Gasteiger partial charge on any atom is -0.377 e. The number of nitrogens with zero attached hydrogens (tertiary/aromatic N) is 3. The number of rotatable bonds is 6. The van der Waals surface area contributed by atoms with E-state index in [1.54, 1.807) is 12.3 Å². The number of benzene rings is 1. The number of likely N-dealkylation sites (tertiary alicyclic amines) is 1. The molecule has 1 amide bonds. The van der Waals surface area contributed by atoms with Crippen molar-refractivity contribution in [3.63, 3.8) is 0 Å². The topological polar surface area (TPSA) is 47.4 Å². The van der Waals surface area contributed by atoms with E-state index in [9.17, 15) is 4.79 Å². The summed E-state index contributed by atoms with van der Waals surface area (Å²) in [5.41, 5.74) is 2.54. The van der Waals surface area contributed by atoms with E-state index in [0.717, 1.165) is 43.9 Å². The first-order valence-electron chi connectivity index (χ1n) is 8.78. The highest BCUT2D eigenvalue weighted by Crippen LogP contribution is 2.21. The predicted octanol–water partition coefficient (Wildman–Crippen LogP) is 3.24. The maximum absolute atomic E-state index is 12.9. The molecule has 2 heterocycles. The van der Waals surface area contributed by atoms with E-state index in [4.69, 9.17) is 4.74 Å². The summed E-state index contributed by atoms with van der Waals surface area (Å²) >= 11 is 0. The van der Waals surface area contributed by atoms with Crippen LogP contribution in [0.15, 0.2) is 49.2 Å². The van der Waals surface area contributed by atoms with Crippen molar-refractivity contribution in [2.45, 2.75) is 19.8 Å². The van der Waals surface area contributed by atoms with Crippen LogP contribution in [0.4, 0.5) is 0 Å². The second kappa shape index (κ2) is 8.12. The van der Waals surface area contributed by atoms with Gasteiger partial charge < -0.3 is 9.64 Å². The minimum atomic E-state index is 0.0742. The van der Waals surface area contributed by atoms with Crippen LogP contribution < -0.4 is 0 Å². The molecule has 0 spiro atoms. The molecular weight excluding hydrogens is 314 g/mol. The Balaban J connectivity index is 1.63. The van der Waals surface area contributed by atoms with Crippen molar-refractivity contribution in [2.75, 3.05) is 26.3 Å². The van der Waals surface area contributed by atoms with Crippen LogP contribution in [0.1, 0.15) is 28.9 Å². The third kappa shape index (κ3) is 3.99. The summed E-state index contributed by atoms with van der Waals surface area (Å²) in [6.07, 6.45) is 5.42. The minimum absolute atomic E-state index is 0.0742. The van der Waals surface area contributed by atoms with Gasteiger partial charge in [-0.2, -0.15) is 5.10 Å². The Labute approximate surface area is 148 Å². The Morgan fingerprint density at radius 2 is 2.04 bits per heavy atom. The molecule has 0 saturated carbocycles. The molecule has 1 aromatic carbocycles. The van der Waals surface area contributed by atoms with Crippen molar-refractivity contribution in [1.82, 2.24) is 14.7 Å². The summed E-state index contributed by atoms with van der Waals surface area (Å²) in [6.45, 7) is 8.50. The molecule has 5 heteroatoms. The lowest BCUT2D eigenvalue weighted by molar-refractivity contribution is 0.0575. The molecule has 0 radical (unpaired) electrons. The van der Waals surface area contributed by atoms with Gasteiger partial charge in [0.2, 0.25) is 0 Å². The Kier molecular flexibility index (Phi) is 5.66. The fraction of sp³-hybridized carbons (Fsp3) is 0.400. The Morgan fingerprint density at radius 3 is 2.72 bits per heavy atom. The predicted molar refractivity (Wildman–Crippen MR) is 97.9 cm³/mol. The highest BCUT2D eigenvalue weighted by Gasteiger charge is 2.26. The molecule has 0 N–H and O–H groups in total. The van der Waals surface area contributed by atoms with Crippen molar-refractivity contribution in [1.29, 1.82) is 0 Å². The molecule has 1 fully saturated rings. The summed E-state index contributed by atoms with van der Waals surface area (Å²) in [5.74, 6) is 0.599. The lowest BCUT2D eigenvalue weighted by Crippen LogP contribution is -2.39. The number of ether oxygens (including phenoxy) is 1. The molecule has 1 aliphatic rings. The fourth-order valence-electron chi connectivity index (χ4n) is 3.24. The lowest BCUT2D eigenvalue weighted by atomic mass is 9.97. The number of amides is 1. The van der Waals surface area contributed by atoms with Gasteiger partial charge >= 0.3 is 0 Å². The van der Waals surface area contributed by atoms with Gasteiger partial charge in [-0.05, 0) is 37.8 Å². The van der Waals surface area contributed by atoms with E-state index in [0.29, 0.717) is 18.1 Å². The average molecular weight is 339 g/mol. The van der Waals surface area contributed by atoms with E-state index >= 15 is 0 Å². The van der Waals surface area contributed by atoms with Gasteiger partial charge in [0, 0.05) is 19.7 Å². The van der Waals surface area contributed by atoms with E-state index in [-0.39, 0.29) is 5.91 Å². The molecule has 1 aromatic heterocycles. The maximum Gasteiger partial charge on any atom is 0.257 e. The zero-order valence-corrected chi connectivity index (χ0v) is 14.7. The molecular formula is C20H25N3O2. The normalized spacial score (nSPS) is 15.3. The fourth-order valence-corrected chi connectivity index (χ4v) is 3.24. The highest BCUT2D eigenvalue weighted by molar-refractivity contribution is 5.95. The first-order valence-corrected chi connectivity index (χ1v) is 8.78. The Hall–Kier alpha value is -2.40. The average Bonchev–Trinajstić information content (AvgIpc) is 3.04. The molecule has 5 nitrogen and oxygen atoms in total. The molecule has 3 rings (SSSR count). The van der Waals surface area contributed by atoms with Crippen molar-refractivity contribution < 1.29 is 9.53 Å². The number of para-hydroxylation sites is 1. The largest absolute Gasteiger partial charge is 0.377 e. The van der Waals surface area contributed by atoms with Gasteiger partial charge in [0.1, 0.15) is 0 Å². The third-order valence-corrected chi connectivity index (χ3v) is 4.73. The summed E-state index contributed by atoms with van der Waals surface area (Å²) < 4.78 is 7.36. The van der Waals surface area contributed by atoms with Crippen LogP contribution >= 0.6 is 0 Å². The van der Waals surface area contributed by atoms with Crippen LogP contribution in [0.3, 0.4) is 0 Å². The zero-order valence-electron chi connectivity index (χ0n) is 14.7. The first kappa shape index (κ1) is 17.4. The lowest BCUT2D eigenvalue weighted by Gasteiger charge is -2.31. The molecule has 0 bridgehead atoms. The van der Waals surface area contributed by atoms with Gasteiger partial charge in [0.05, 0.1) is 29.7 Å². The van der Waals surface area contributed by atoms with Crippen LogP contribution in [0.2, 0.25) is 0 Å². The summed E-state index contributed by atoms with van der Waals surface area (Å²) in [6, 6.07) is 9.89. The second-order valence-electron chi connectivity index (χ2n) is 6.45. The van der Waals surface area contributed by atoms with Crippen LogP contribution in [0, 0.1) is 12.8 Å². The Bertz CT molecular complexity index is 716. The number of hydrogen-bond acceptors (Lipinski definition) is 3. The van der Waals surface area contributed by atoms with Crippen LogP contribution in [0.5, 0.6) is 0 Å². The molecule has 0 aliphatic carbocycles. The van der Waals surface area contributed by atoms with E-state index in [1.807, 2.05) is 46.8 Å². The SMILES string of the molecule is C=CCOCC1CCN(C(=O)c2cnn(-c3ccccc3)c2C)CC1. The summed E-state index contributed by atoms with van der Waals surface area (Å²) in [4.78, 5) is 14.8. The molecule has 0 atom stereocenters. The first-order chi connectivity index (χ1) is 12.2. The van der Waals surface area contributed by atoms with Gasteiger partial charge in [-0.25, -0.2) is 4.68 Å². The van der Waals surface area contributed by atoms with Crippen LogP contribution in [-0.2, 0) is 4.74 Å². The molecule has 1 aliphatic heterocycles. The summed E-state index contributed by atoms with van der Waals surface area (Å²) in [5, 5.41) is 4.41. The smallest absolute Gasteiger partial charge is 0.257 e. The van der Waals surface area contributed by atoms with Crippen molar-refractivity contribution in [3.05, 3.63) is 60.4 Å². The van der Waals surface area contributed by atoms with Gasteiger partial charge in [-0.15, -0.1) is 6.58 Å². The monoisotopic (exact) mass is 339 g/mol. The van der Waals surface area contributed by atoms with Gasteiger partial charge in [-0.1, -0.05) is 24.3 Å². The van der Waals surface area contributed by atoms with Crippen LogP contribution in [0.25, 0.3) is 5.69 Å². The quantitative estimate of drug-likeness (QED) is 0.600. The highest BCUT2D eigenvalue weighted by atomic mass is 16.5. The standard InChI is InChI=1S/C20H25N3O2/c1-3-13-25-15-17-9-11-22(12-10-17)20(24)19-14-21-23(16(19)2)18-7-5-4-6-8-18/h3-8,14,17H,1,9-13,15H2,2H3. The van der Waals surface area contributed by atoms with E-state index in [1.165, 1.54) is 0 Å². The molecule has 132 valence electrons. The number of carbonyl (C=O) groups excluding carboxylic acids is 1. The third-order valence-electron chi connectivity index (χ3n) is 4.73.